The molecule has 0 radical (unpaired) electrons. The highest BCUT2D eigenvalue weighted by Crippen LogP contribution is 2.52. The van der Waals surface area contributed by atoms with E-state index in [4.69, 9.17) is 12.2 Å². The zero-order chi connectivity index (χ0) is 10.3. The van der Waals surface area contributed by atoms with Crippen LogP contribution >= 0.6 is 12.2 Å². The lowest BCUT2D eigenvalue weighted by Crippen LogP contribution is -2.20. The lowest BCUT2D eigenvalue weighted by molar-refractivity contribution is 0.0507. The molecule has 5 heteroatoms. The van der Waals surface area contributed by atoms with Gasteiger partial charge in [-0.2, -0.15) is 0 Å². The summed E-state index contributed by atoms with van der Waals surface area (Å²) in [6.45, 7) is 2.21. The first-order chi connectivity index (χ1) is 6.55. The zero-order valence-corrected chi connectivity index (χ0v) is 8.70. The van der Waals surface area contributed by atoms with Gasteiger partial charge in [0.15, 0.2) is 4.77 Å². The number of aromatic nitrogens is 2. The highest BCUT2D eigenvalue weighted by molar-refractivity contribution is 7.71. The monoisotopic (exact) mass is 218 g/mol. The minimum absolute atomic E-state index is 0.346. The Labute approximate surface area is 85.9 Å². The van der Waals surface area contributed by atoms with E-state index in [0.717, 1.165) is 5.69 Å². The fourth-order valence-electron chi connectivity index (χ4n) is 1.60. The Bertz CT molecular complexity index is 390. The summed E-state index contributed by atoms with van der Waals surface area (Å²) in [6, 6.07) is 0. The van der Waals surface area contributed by atoms with Crippen molar-refractivity contribution in [2.75, 3.05) is 0 Å². The van der Waals surface area contributed by atoms with Gasteiger partial charge in [0.2, 0.25) is 6.43 Å². The number of halogens is 2. The topological polar surface area (TPSA) is 20.7 Å². The number of nitrogens with one attached hydrogen (secondary N) is 1. The van der Waals surface area contributed by atoms with Crippen LogP contribution < -0.4 is 0 Å². The molecule has 0 unspecified atom stereocenters. The van der Waals surface area contributed by atoms with Gasteiger partial charge in [-0.15, -0.1) is 0 Å². The number of aromatic amines is 1. The van der Waals surface area contributed by atoms with Gasteiger partial charge in [0, 0.05) is 23.9 Å². The Hall–Kier alpha value is -0.710. The molecular formula is C9H12F2N2S. The lowest BCUT2D eigenvalue weighted by atomic mass is 10.1. The van der Waals surface area contributed by atoms with Crippen molar-refractivity contribution in [3.8, 4) is 0 Å². The fraction of sp³-hybridized carbons (Fsp3) is 0.667. The van der Waals surface area contributed by atoms with E-state index < -0.39 is 11.8 Å². The smallest absolute Gasteiger partial charge is 0.245 e. The maximum Gasteiger partial charge on any atom is 0.245 e. The van der Waals surface area contributed by atoms with Gasteiger partial charge >= 0.3 is 0 Å². The van der Waals surface area contributed by atoms with Crippen LogP contribution in [0.4, 0.5) is 8.78 Å². The van der Waals surface area contributed by atoms with Crippen LogP contribution in [0, 0.1) is 17.1 Å². The summed E-state index contributed by atoms with van der Waals surface area (Å²) in [5.74, 6) is 0. The van der Waals surface area contributed by atoms with Crippen molar-refractivity contribution in [1.29, 1.82) is 0 Å². The predicted octanol–water partition coefficient (Wildman–Crippen LogP) is 2.90. The minimum atomic E-state index is -2.24. The van der Waals surface area contributed by atoms with Crippen molar-refractivity contribution in [2.45, 2.75) is 32.7 Å². The Morgan fingerprint density at radius 2 is 2.29 bits per heavy atom. The largest absolute Gasteiger partial charge is 0.337 e. The van der Waals surface area contributed by atoms with E-state index in [-0.39, 0.29) is 0 Å². The van der Waals surface area contributed by atoms with Crippen LogP contribution in [-0.4, -0.2) is 16.0 Å². The van der Waals surface area contributed by atoms with Crippen molar-refractivity contribution in [3.63, 3.8) is 0 Å². The molecule has 0 spiro atoms. The van der Waals surface area contributed by atoms with Crippen molar-refractivity contribution in [3.05, 3.63) is 16.7 Å². The van der Waals surface area contributed by atoms with Gasteiger partial charge in [0.25, 0.3) is 0 Å². The third kappa shape index (κ3) is 1.49. The third-order valence-electron chi connectivity index (χ3n) is 2.90. The van der Waals surface area contributed by atoms with Crippen LogP contribution in [0.5, 0.6) is 0 Å². The van der Waals surface area contributed by atoms with Gasteiger partial charge in [-0.05, 0) is 32.0 Å². The van der Waals surface area contributed by atoms with Gasteiger partial charge in [0.05, 0.1) is 0 Å². The first-order valence-electron chi connectivity index (χ1n) is 4.58. The number of alkyl halides is 2. The summed E-state index contributed by atoms with van der Waals surface area (Å²) in [5, 5.41) is 0. The summed E-state index contributed by atoms with van der Waals surface area (Å²) in [6.07, 6.45) is 0.733. The average molecular weight is 218 g/mol. The molecule has 1 aliphatic carbocycles. The second-order valence-electron chi connectivity index (χ2n) is 3.98. The Balaban J connectivity index is 2.23. The number of hydrogen-bond donors (Lipinski definition) is 1. The average Bonchev–Trinajstić information content (AvgIpc) is 2.84. The van der Waals surface area contributed by atoms with E-state index in [9.17, 15) is 8.78 Å². The van der Waals surface area contributed by atoms with Gasteiger partial charge in [-0.1, -0.05) is 0 Å². The molecule has 1 aromatic heterocycles. The molecule has 1 aliphatic rings. The number of imidazole rings is 1. The molecule has 14 heavy (non-hydrogen) atoms. The molecule has 1 N–H and O–H groups in total. The molecule has 2 rings (SSSR count). The molecule has 0 saturated heterocycles. The van der Waals surface area contributed by atoms with Gasteiger partial charge < -0.3 is 9.55 Å². The Kier molecular flexibility index (Phi) is 2.21. The fourth-order valence-corrected chi connectivity index (χ4v) is 1.87. The lowest BCUT2D eigenvalue weighted by Gasteiger charge is -2.15. The second kappa shape index (κ2) is 3.15. The number of hydrogen-bond acceptors (Lipinski definition) is 1. The van der Waals surface area contributed by atoms with Gasteiger partial charge in [0.1, 0.15) is 0 Å². The van der Waals surface area contributed by atoms with E-state index in [2.05, 4.69) is 4.98 Å². The van der Waals surface area contributed by atoms with E-state index in [1.165, 1.54) is 0 Å². The summed E-state index contributed by atoms with van der Waals surface area (Å²) in [5.41, 5.74) is 0.118. The van der Waals surface area contributed by atoms with Crippen molar-refractivity contribution >= 4 is 12.2 Å². The Morgan fingerprint density at radius 3 is 2.64 bits per heavy atom. The molecular weight excluding hydrogens is 206 g/mol. The van der Waals surface area contributed by atoms with Crippen LogP contribution in [0.3, 0.4) is 0 Å². The van der Waals surface area contributed by atoms with Crippen LogP contribution in [0.2, 0.25) is 0 Å². The molecule has 1 aromatic rings. The summed E-state index contributed by atoms with van der Waals surface area (Å²) in [4.78, 5) is 2.86. The second-order valence-corrected chi connectivity index (χ2v) is 4.37. The molecule has 1 saturated carbocycles. The third-order valence-corrected chi connectivity index (χ3v) is 3.24. The number of rotatable bonds is 3. The molecule has 1 heterocycles. The van der Waals surface area contributed by atoms with Gasteiger partial charge in [-0.25, -0.2) is 8.78 Å². The van der Waals surface area contributed by atoms with Crippen LogP contribution in [0.1, 0.15) is 18.5 Å². The van der Waals surface area contributed by atoms with Crippen LogP contribution in [-0.2, 0) is 6.54 Å². The normalized spacial score (nSPS) is 18.9. The number of aryl methyl sites for hydroxylation is 1. The van der Waals surface area contributed by atoms with Gasteiger partial charge in [-0.3, -0.25) is 0 Å². The highest BCUT2D eigenvalue weighted by Gasteiger charge is 2.51. The first kappa shape index (κ1) is 9.83. The molecule has 0 aliphatic heterocycles. The molecule has 1 fully saturated rings. The summed E-state index contributed by atoms with van der Waals surface area (Å²) < 4.78 is 27.6. The highest BCUT2D eigenvalue weighted by atomic mass is 32.1. The Morgan fingerprint density at radius 1 is 1.64 bits per heavy atom. The molecule has 0 atom stereocenters. The zero-order valence-electron chi connectivity index (χ0n) is 7.89. The summed E-state index contributed by atoms with van der Waals surface area (Å²) >= 11 is 5.02. The van der Waals surface area contributed by atoms with Crippen LogP contribution in [0.15, 0.2) is 6.20 Å². The van der Waals surface area contributed by atoms with Crippen LogP contribution in [0.25, 0.3) is 0 Å². The van der Waals surface area contributed by atoms with Crippen molar-refractivity contribution in [1.82, 2.24) is 9.55 Å². The van der Waals surface area contributed by atoms with E-state index in [1.54, 1.807) is 10.8 Å². The quantitative estimate of drug-likeness (QED) is 0.774. The predicted molar refractivity (Wildman–Crippen MR) is 52.0 cm³/mol. The molecule has 0 aromatic carbocycles. The standard InChI is InChI=1S/C9H12F2N2S/c1-6-4-12-8(14)13(6)5-9(2-3-9)7(10)11/h4,7H,2-3,5H2,1H3,(H,12,14). The maximum atomic E-state index is 12.7. The molecule has 0 bridgehead atoms. The first-order valence-corrected chi connectivity index (χ1v) is 4.99. The van der Waals surface area contributed by atoms with E-state index in [1.807, 2.05) is 6.92 Å². The van der Waals surface area contributed by atoms with Crippen molar-refractivity contribution < 1.29 is 8.78 Å². The minimum Gasteiger partial charge on any atom is -0.337 e. The van der Waals surface area contributed by atoms with E-state index in [0.29, 0.717) is 24.2 Å². The number of nitrogens with zero attached hydrogens (tertiary/aromatic N) is 1. The SMILES string of the molecule is Cc1c[nH]c(=S)n1CC1(C(F)F)CC1. The maximum absolute atomic E-state index is 12.7. The molecule has 78 valence electrons. The van der Waals surface area contributed by atoms with E-state index >= 15 is 0 Å². The molecule has 2 nitrogen and oxygen atoms in total. The summed E-state index contributed by atoms with van der Waals surface area (Å²) in [7, 11) is 0. The van der Waals surface area contributed by atoms with Crippen molar-refractivity contribution in [2.24, 2.45) is 5.41 Å². The number of H-pyrrole nitrogens is 1. The molecule has 0 amide bonds.